The van der Waals surface area contributed by atoms with Gasteiger partial charge in [0.25, 0.3) is 0 Å². The molecule has 0 saturated heterocycles. The van der Waals surface area contributed by atoms with Gasteiger partial charge in [0.05, 0.1) is 5.69 Å². The topological polar surface area (TPSA) is 43.1 Å². The zero-order valence-corrected chi connectivity index (χ0v) is 11.9. The summed E-state index contributed by atoms with van der Waals surface area (Å²) in [5, 5.41) is 9.35. The number of hydrogen-bond donors (Lipinski definition) is 0. The van der Waals surface area contributed by atoms with Gasteiger partial charge in [-0.3, -0.25) is 4.40 Å². The second-order valence-corrected chi connectivity index (χ2v) is 5.06. The molecule has 0 atom stereocenters. The van der Waals surface area contributed by atoms with Gasteiger partial charge < -0.3 is 0 Å². The Balaban J connectivity index is 2.34. The van der Waals surface area contributed by atoms with Crippen molar-refractivity contribution in [1.29, 1.82) is 0 Å². The van der Waals surface area contributed by atoms with Crippen molar-refractivity contribution < 1.29 is 0 Å². The Bertz CT molecular complexity index is 762. The molecular formula is C13H10Cl2N4. The number of nitrogens with zero attached hydrogens (tertiary/aromatic N) is 4. The van der Waals surface area contributed by atoms with Crippen LogP contribution in [0, 0.1) is 13.8 Å². The number of halogens is 2. The third-order valence-corrected chi connectivity index (χ3v) is 3.58. The maximum atomic E-state index is 6.10. The first-order valence-corrected chi connectivity index (χ1v) is 6.47. The Hall–Kier alpha value is -1.65. The number of fused-ring (bicyclic) bond motifs is 1. The minimum absolute atomic E-state index is 0.357. The fourth-order valence-electron chi connectivity index (χ4n) is 1.96. The van der Waals surface area contributed by atoms with Crippen LogP contribution in [0.2, 0.25) is 10.2 Å². The van der Waals surface area contributed by atoms with Crippen LogP contribution in [0.5, 0.6) is 0 Å². The maximum absolute atomic E-state index is 6.10. The first-order valence-electron chi connectivity index (χ1n) is 5.71. The molecule has 0 N–H and O–H groups in total. The summed E-state index contributed by atoms with van der Waals surface area (Å²) in [6.45, 7) is 3.88. The van der Waals surface area contributed by atoms with Crippen molar-refractivity contribution in [3.8, 4) is 11.4 Å². The van der Waals surface area contributed by atoms with E-state index in [1.165, 1.54) is 0 Å². The molecule has 0 fully saturated rings. The van der Waals surface area contributed by atoms with Crippen LogP contribution < -0.4 is 0 Å². The minimum atomic E-state index is 0.357. The zero-order valence-electron chi connectivity index (χ0n) is 10.4. The molecule has 0 aliphatic carbocycles. The second kappa shape index (κ2) is 4.47. The molecule has 3 aromatic rings. The molecule has 0 saturated carbocycles. The van der Waals surface area contributed by atoms with Gasteiger partial charge >= 0.3 is 0 Å². The Morgan fingerprint density at radius 2 is 1.68 bits per heavy atom. The summed E-state index contributed by atoms with van der Waals surface area (Å²) in [7, 11) is 0. The molecule has 2 heterocycles. The number of benzene rings is 1. The maximum Gasteiger partial charge on any atom is 0.199 e. The quantitative estimate of drug-likeness (QED) is 0.687. The fourth-order valence-corrected chi connectivity index (χ4v) is 2.34. The Morgan fingerprint density at radius 3 is 2.37 bits per heavy atom. The van der Waals surface area contributed by atoms with E-state index in [1.807, 2.05) is 42.5 Å². The summed E-state index contributed by atoms with van der Waals surface area (Å²) < 4.78 is 1.91. The van der Waals surface area contributed by atoms with E-state index in [0.717, 1.165) is 22.8 Å². The molecule has 0 radical (unpaired) electrons. The highest BCUT2D eigenvalue weighted by Gasteiger charge is 2.15. The summed E-state index contributed by atoms with van der Waals surface area (Å²) in [6.07, 6.45) is 0. The Morgan fingerprint density at radius 1 is 1.00 bits per heavy atom. The lowest BCUT2D eigenvalue weighted by atomic mass is 10.2. The van der Waals surface area contributed by atoms with Crippen LogP contribution >= 0.6 is 23.2 Å². The molecule has 96 valence electrons. The third-order valence-electron chi connectivity index (χ3n) is 3.07. The molecule has 0 aliphatic heterocycles. The van der Waals surface area contributed by atoms with Crippen LogP contribution in [0.3, 0.4) is 0 Å². The van der Waals surface area contributed by atoms with Crippen LogP contribution in [-0.2, 0) is 0 Å². The third kappa shape index (κ3) is 1.97. The molecule has 0 bridgehead atoms. The normalized spacial score (nSPS) is 11.2. The van der Waals surface area contributed by atoms with Crippen LogP contribution in [-0.4, -0.2) is 19.6 Å². The van der Waals surface area contributed by atoms with Gasteiger partial charge in [-0.25, -0.2) is 4.98 Å². The van der Waals surface area contributed by atoms with Gasteiger partial charge in [-0.15, -0.1) is 10.2 Å². The largest absolute Gasteiger partial charge is 0.275 e. The van der Waals surface area contributed by atoms with Crippen molar-refractivity contribution in [3.63, 3.8) is 0 Å². The van der Waals surface area contributed by atoms with Crippen LogP contribution in [0.15, 0.2) is 24.3 Å². The molecule has 4 nitrogen and oxygen atoms in total. The van der Waals surface area contributed by atoms with E-state index in [2.05, 4.69) is 15.2 Å². The van der Waals surface area contributed by atoms with E-state index in [9.17, 15) is 0 Å². The smallest absolute Gasteiger partial charge is 0.199 e. The molecule has 0 aliphatic rings. The summed E-state index contributed by atoms with van der Waals surface area (Å²) >= 11 is 12.0. The van der Waals surface area contributed by atoms with E-state index >= 15 is 0 Å². The van der Waals surface area contributed by atoms with E-state index in [1.54, 1.807) is 0 Å². The van der Waals surface area contributed by atoms with E-state index in [0.29, 0.717) is 15.8 Å². The molecule has 6 heteroatoms. The average Bonchev–Trinajstić information content (AvgIpc) is 2.82. The molecule has 0 amide bonds. The van der Waals surface area contributed by atoms with Crippen molar-refractivity contribution >= 4 is 28.8 Å². The highest BCUT2D eigenvalue weighted by atomic mass is 35.5. The van der Waals surface area contributed by atoms with Crippen molar-refractivity contribution in [2.75, 3.05) is 0 Å². The van der Waals surface area contributed by atoms with Crippen LogP contribution in [0.4, 0.5) is 0 Å². The summed E-state index contributed by atoms with van der Waals surface area (Å²) in [5.41, 5.74) is 3.32. The molecule has 3 rings (SSSR count). The van der Waals surface area contributed by atoms with Crippen LogP contribution in [0.1, 0.15) is 11.4 Å². The van der Waals surface area contributed by atoms with Crippen molar-refractivity contribution in [3.05, 3.63) is 45.8 Å². The number of aryl methyl sites for hydroxylation is 2. The highest BCUT2D eigenvalue weighted by Crippen LogP contribution is 2.25. The SMILES string of the molecule is Cc1nc(Cl)c2nnc(-c3ccc(Cl)cc3)n2c1C. The van der Waals surface area contributed by atoms with E-state index in [4.69, 9.17) is 23.2 Å². The summed E-state index contributed by atoms with van der Waals surface area (Å²) in [4.78, 5) is 4.24. The standard InChI is InChI=1S/C13H10Cl2N4/c1-7-8(2)19-12(9-3-5-10(14)6-4-9)17-18-13(19)11(15)16-7/h3-6H,1-2H3. The lowest BCUT2D eigenvalue weighted by Crippen LogP contribution is -2.00. The monoisotopic (exact) mass is 292 g/mol. The van der Waals surface area contributed by atoms with Gasteiger partial charge in [-0.05, 0) is 38.1 Å². The highest BCUT2D eigenvalue weighted by molar-refractivity contribution is 6.32. The predicted molar refractivity (Wildman–Crippen MR) is 75.7 cm³/mol. The molecule has 19 heavy (non-hydrogen) atoms. The van der Waals surface area contributed by atoms with E-state index < -0.39 is 0 Å². The molecule has 0 spiro atoms. The predicted octanol–water partition coefficient (Wildman–Crippen LogP) is 3.71. The first kappa shape index (κ1) is 12.4. The summed E-state index contributed by atoms with van der Waals surface area (Å²) in [6, 6.07) is 7.45. The Kier molecular flexibility index (Phi) is 2.92. The van der Waals surface area contributed by atoms with Gasteiger partial charge in [0.2, 0.25) is 0 Å². The van der Waals surface area contributed by atoms with Crippen LogP contribution in [0.25, 0.3) is 17.0 Å². The van der Waals surface area contributed by atoms with Gasteiger partial charge in [-0.2, -0.15) is 0 Å². The second-order valence-electron chi connectivity index (χ2n) is 4.26. The molecular weight excluding hydrogens is 283 g/mol. The van der Waals surface area contributed by atoms with Gasteiger partial charge in [-0.1, -0.05) is 23.2 Å². The van der Waals surface area contributed by atoms with E-state index in [-0.39, 0.29) is 0 Å². The van der Waals surface area contributed by atoms with Crippen molar-refractivity contribution in [1.82, 2.24) is 19.6 Å². The first-order chi connectivity index (χ1) is 9.08. The fraction of sp³-hybridized carbons (Fsp3) is 0.154. The minimum Gasteiger partial charge on any atom is -0.275 e. The lowest BCUT2D eigenvalue weighted by molar-refractivity contribution is 1.000. The van der Waals surface area contributed by atoms with Gasteiger partial charge in [0.15, 0.2) is 16.6 Å². The summed E-state index contributed by atoms with van der Waals surface area (Å²) in [5.74, 6) is 0.733. The van der Waals surface area contributed by atoms with Gasteiger partial charge in [0.1, 0.15) is 0 Å². The number of rotatable bonds is 1. The zero-order chi connectivity index (χ0) is 13.6. The lowest BCUT2D eigenvalue weighted by Gasteiger charge is -2.07. The molecule has 0 unspecified atom stereocenters. The average molecular weight is 293 g/mol. The molecule has 1 aromatic carbocycles. The van der Waals surface area contributed by atoms with Crippen molar-refractivity contribution in [2.45, 2.75) is 13.8 Å². The molecule has 2 aromatic heterocycles. The van der Waals surface area contributed by atoms with Gasteiger partial charge in [0, 0.05) is 16.3 Å². The Labute approximate surface area is 120 Å². The number of hydrogen-bond acceptors (Lipinski definition) is 3. The number of aromatic nitrogens is 4. The van der Waals surface area contributed by atoms with Crippen molar-refractivity contribution in [2.24, 2.45) is 0 Å².